The Morgan fingerprint density at radius 3 is 0.857 bits per heavy atom. The van der Waals surface area contributed by atoms with Crippen LogP contribution in [-0.4, -0.2) is 21.7 Å². The van der Waals surface area contributed by atoms with Crippen molar-refractivity contribution < 1.29 is 77.5 Å². The Labute approximate surface area is 77.1 Å². The van der Waals surface area contributed by atoms with E-state index >= 15 is 0 Å². The van der Waals surface area contributed by atoms with E-state index in [4.69, 9.17) is 9.84 Å². The second kappa shape index (κ2) is 143. The summed E-state index contributed by atoms with van der Waals surface area (Å²) in [5.74, 6) is 0. The summed E-state index contributed by atoms with van der Waals surface area (Å²) in [7, 11) is 0. The maximum absolute atomic E-state index is 8.50. The molecular weight excluding hydrogens is 154 g/mol. The average Bonchev–Trinajstić information content (AvgIpc) is 1.00. The van der Waals surface area contributed by atoms with E-state index in [0.29, 0.717) is 0 Å². The van der Waals surface area contributed by atoms with E-state index < -0.39 is 0 Å². The molecule has 0 atom stereocenters. The van der Waals surface area contributed by atoms with Crippen molar-refractivity contribution >= 4 is 0 Å². The summed E-state index contributed by atoms with van der Waals surface area (Å²) >= 11 is 0. The molecule has 42 valence electrons. The Bertz CT molecular complexity index is 11.7. The van der Waals surface area contributed by atoms with Crippen LogP contribution in [0.4, 0.5) is 4.53 Å². The Hall–Kier alpha value is 1.48. The third kappa shape index (κ3) is 102. The van der Waals surface area contributed by atoms with Crippen molar-refractivity contribution in [1.29, 1.82) is 0 Å². The minimum atomic E-state index is 0. The Morgan fingerprint density at radius 2 is 0.857 bits per heavy atom. The van der Waals surface area contributed by atoms with E-state index in [0.717, 1.165) is 0 Å². The van der Waals surface area contributed by atoms with Crippen molar-refractivity contribution in [2.24, 2.45) is 0 Å². The van der Waals surface area contributed by atoms with Gasteiger partial charge in [0.2, 0.25) is 0 Å². The van der Waals surface area contributed by atoms with E-state index in [-0.39, 0.29) is 67.7 Å². The summed E-state index contributed by atoms with van der Waals surface area (Å²) in [5, 5.41) is 5.50. The van der Waals surface area contributed by atoms with Crippen molar-refractivity contribution in [2.45, 2.75) is 0 Å². The molecular formula is H4FNaO4Ti-2. The van der Waals surface area contributed by atoms with Gasteiger partial charge in [0.15, 0.2) is 0 Å². The first-order valence-corrected chi connectivity index (χ1v) is 0.169. The summed E-state index contributed by atoms with van der Waals surface area (Å²) in [5.41, 5.74) is 0. The van der Waals surface area contributed by atoms with Gasteiger partial charge in [-0.1, -0.05) is 4.53 Å². The molecule has 0 unspecified atom stereocenters. The standard InChI is InChI=1S/FHO.Na.3H2O.Ti/c1-2;;;;;/h2H;;3*1H2;/q;+1;;;;/p-3. The van der Waals surface area contributed by atoms with Crippen LogP contribution in [0.15, 0.2) is 0 Å². The molecule has 0 aliphatic heterocycles. The van der Waals surface area contributed by atoms with Crippen molar-refractivity contribution in [3.8, 4) is 0 Å². The van der Waals surface area contributed by atoms with Crippen molar-refractivity contribution in [2.75, 3.05) is 0 Å². The predicted molar refractivity (Wildman–Crippen MR) is 9.13 cm³/mol. The first-order valence-electron chi connectivity index (χ1n) is 0.169. The largest absolute Gasteiger partial charge is 1.00 e. The minimum absolute atomic E-state index is 0. The van der Waals surface area contributed by atoms with Crippen molar-refractivity contribution in [1.82, 2.24) is 0 Å². The molecule has 0 bridgehead atoms. The van der Waals surface area contributed by atoms with Gasteiger partial charge in [-0.25, -0.2) is 5.31 Å². The molecule has 0 saturated carbocycles. The maximum atomic E-state index is 8.50. The predicted octanol–water partition coefficient (Wildman–Crippen LogP) is -3.67. The van der Waals surface area contributed by atoms with Gasteiger partial charge in [-0.3, -0.25) is 0 Å². The van der Waals surface area contributed by atoms with Gasteiger partial charge in [0.05, 0.1) is 0 Å². The molecule has 0 aliphatic rings. The molecule has 0 rings (SSSR count). The number of hydrogen-bond acceptors (Lipinski definition) is 4. The van der Waals surface area contributed by atoms with Crippen molar-refractivity contribution in [3.63, 3.8) is 0 Å². The van der Waals surface area contributed by atoms with E-state index in [1.54, 1.807) is 0 Å². The summed E-state index contributed by atoms with van der Waals surface area (Å²) in [4.78, 5) is 0. The topological polar surface area (TPSA) is 110 Å². The third-order valence-electron chi connectivity index (χ3n) is 0. The van der Waals surface area contributed by atoms with Gasteiger partial charge >= 0.3 is 29.6 Å². The molecule has 0 aromatic carbocycles. The van der Waals surface area contributed by atoms with Gasteiger partial charge in [-0.2, -0.15) is 0 Å². The fourth-order valence-electron chi connectivity index (χ4n) is 0. The summed E-state index contributed by atoms with van der Waals surface area (Å²) in [6.45, 7) is 0. The Balaban J connectivity index is -0.000000000500. The van der Waals surface area contributed by atoms with Gasteiger partial charge in [0, 0.05) is 21.7 Å². The molecule has 0 aromatic heterocycles. The van der Waals surface area contributed by atoms with Crippen LogP contribution < -0.4 is 29.6 Å². The SMILES string of the molecule is OF.[Na+].[OH-].[OH-].[OH-].[Ti]. The zero-order valence-electron chi connectivity index (χ0n) is 3.67. The number of rotatable bonds is 0. The van der Waals surface area contributed by atoms with Gasteiger partial charge in [-0.15, -0.1) is 0 Å². The average molecular weight is 158 g/mol. The smallest absolute Gasteiger partial charge is 0.870 e. The van der Waals surface area contributed by atoms with Crippen LogP contribution in [-0.2, 0) is 21.7 Å². The summed E-state index contributed by atoms with van der Waals surface area (Å²) in [6.07, 6.45) is 0. The summed E-state index contributed by atoms with van der Waals surface area (Å²) < 4.78 is 8.50. The van der Waals surface area contributed by atoms with Gasteiger partial charge in [-0.05, 0) is 0 Å². The zero-order valence-corrected chi connectivity index (χ0v) is 7.23. The molecule has 7 heteroatoms. The van der Waals surface area contributed by atoms with E-state index in [1.807, 2.05) is 0 Å². The van der Waals surface area contributed by atoms with Gasteiger partial charge in [0.25, 0.3) is 0 Å². The molecule has 0 amide bonds. The molecule has 0 saturated heterocycles. The molecule has 4 N–H and O–H groups in total. The quantitative estimate of drug-likeness (QED) is 0.366. The van der Waals surface area contributed by atoms with Crippen LogP contribution in [0.5, 0.6) is 0 Å². The van der Waals surface area contributed by atoms with Crippen LogP contribution in [0.3, 0.4) is 0 Å². The summed E-state index contributed by atoms with van der Waals surface area (Å²) in [6, 6.07) is 0. The van der Waals surface area contributed by atoms with Gasteiger partial charge < -0.3 is 16.4 Å². The molecule has 0 aromatic rings. The normalized spacial score (nSPS) is 0.857. The second-order valence-corrected chi connectivity index (χ2v) is 0. The molecule has 7 heavy (non-hydrogen) atoms. The zero-order chi connectivity index (χ0) is 2.00. The number of hydrogen-bond donors (Lipinski definition) is 1. The number of halogens is 1. The van der Waals surface area contributed by atoms with Crippen LogP contribution in [0.2, 0.25) is 0 Å². The van der Waals surface area contributed by atoms with E-state index in [1.165, 1.54) is 0 Å². The molecule has 0 aliphatic carbocycles. The van der Waals surface area contributed by atoms with Crippen LogP contribution in [0.25, 0.3) is 0 Å². The first-order chi connectivity index (χ1) is 1.00. The van der Waals surface area contributed by atoms with E-state index in [2.05, 4.69) is 0 Å². The minimum Gasteiger partial charge on any atom is -0.870 e. The Kier molecular flexibility index (Phi) is 1570. The Morgan fingerprint density at radius 1 is 0.857 bits per heavy atom. The van der Waals surface area contributed by atoms with Crippen LogP contribution in [0, 0.1) is 0 Å². The molecule has 4 nitrogen and oxygen atoms in total. The third-order valence-corrected chi connectivity index (χ3v) is 0. The van der Waals surface area contributed by atoms with Crippen molar-refractivity contribution in [3.05, 3.63) is 0 Å². The second-order valence-electron chi connectivity index (χ2n) is 0. The fourth-order valence-corrected chi connectivity index (χ4v) is 0. The molecule has 0 spiro atoms. The molecule has 0 radical (unpaired) electrons. The fraction of sp³-hybridized carbons (Fsp3) is 0. The van der Waals surface area contributed by atoms with E-state index in [9.17, 15) is 0 Å². The first kappa shape index (κ1) is 77.0. The molecule has 0 fully saturated rings. The monoisotopic (exact) mass is 158 g/mol. The van der Waals surface area contributed by atoms with Gasteiger partial charge in [0.1, 0.15) is 0 Å². The molecule has 0 heterocycles. The maximum Gasteiger partial charge on any atom is 1.00 e. The van der Waals surface area contributed by atoms with Crippen LogP contribution >= 0.6 is 0 Å². The van der Waals surface area contributed by atoms with Crippen LogP contribution in [0.1, 0.15) is 0 Å².